The Morgan fingerprint density at radius 2 is 2.27 bits per heavy atom. The van der Waals surface area contributed by atoms with Crippen molar-refractivity contribution >= 4 is 5.78 Å². The lowest BCUT2D eigenvalue weighted by atomic mass is 9.94. The summed E-state index contributed by atoms with van der Waals surface area (Å²) in [6.45, 7) is 3.76. The number of carbonyl (C=O) groups excluding carboxylic acids is 1. The molecule has 1 aromatic heterocycles. The van der Waals surface area contributed by atoms with E-state index in [1.165, 1.54) is 0 Å². The number of aromatic nitrogens is 1. The van der Waals surface area contributed by atoms with Crippen LogP contribution in [0.25, 0.3) is 0 Å². The lowest BCUT2D eigenvalue weighted by molar-refractivity contribution is -0.138. The highest BCUT2D eigenvalue weighted by molar-refractivity contribution is 5.88. The smallest absolute Gasteiger partial charge is 0.170 e. The Bertz CT molecular complexity index is 318. The van der Waals surface area contributed by atoms with E-state index in [2.05, 4.69) is 4.98 Å². The predicted molar refractivity (Wildman–Crippen MR) is 58.7 cm³/mol. The van der Waals surface area contributed by atoms with Gasteiger partial charge >= 0.3 is 0 Å². The zero-order valence-corrected chi connectivity index (χ0v) is 9.49. The third-order valence-electron chi connectivity index (χ3n) is 2.78. The van der Waals surface area contributed by atoms with E-state index in [9.17, 15) is 4.79 Å². The molecule has 82 valence electrons. The van der Waals surface area contributed by atoms with Crippen molar-refractivity contribution in [2.75, 3.05) is 7.11 Å². The molecule has 1 heterocycles. The van der Waals surface area contributed by atoms with Crippen LogP contribution in [-0.4, -0.2) is 23.5 Å². The fourth-order valence-corrected chi connectivity index (χ4v) is 1.31. The second-order valence-electron chi connectivity index (χ2n) is 3.71. The lowest BCUT2D eigenvalue weighted by Gasteiger charge is -2.24. The normalized spacial score (nSPS) is 14.6. The minimum atomic E-state index is -0.683. The molecule has 0 bridgehead atoms. The Labute approximate surface area is 90.5 Å². The molecule has 1 rings (SSSR count). The number of ketones is 1. The molecule has 0 N–H and O–H groups in total. The van der Waals surface area contributed by atoms with Gasteiger partial charge in [-0.3, -0.25) is 9.78 Å². The van der Waals surface area contributed by atoms with Gasteiger partial charge in [0.1, 0.15) is 5.60 Å². The fourth-order valence-electron chi connectivity index (χ4n) is 1.31. The van der Waals surface area contributed by atoms with Crippen molar-refractivity contribution in [1.29, 1.82) is 0 Å². The van der Waals surface area contributed by atoms with Crippen LogP contribution in [0.1, 0.15) is 26.0 Å². The molecule has 1 unspecified atom stereocenters. The van der Waals surface area contributed by atoms with E-state index in [1.54, 1.807) is 13.3 Å². The summed E-state index contributed by atoms with van der Waals surface area (Å²) in [5, 5.41) is 0. The van der Waals surface area contributed by atoms with E-state index in [0.717, 1.165) is 5.69 Å². The Kier molecular flexibility index (Phi) is 3.97. The lowest BCUT2D eigenvalue weighted by Crippen LogP contribution is -2.38. The van der Waals surface area contributed by atoms with Crippen molar-refractivity contribution in [1.82, 2.24) is 4.98 Å². The predicted octanol–water partition coefficient (Wildman–Crippen LogP) is 2.01. The van der Waals surface area contributed by atoms with Crippen molar-refractivity contribution in [3.05, 3.63) is 30.1 Å². The molecule has 0 saturated heterocycles. The summed E-state index contributed by atoms with van der Waals surface area (Å²) in [5.41, 5.74) is 0.108. The highest BCUT2D eigenvalue weighted by Gasteiger charge is 2.30. The highest BCUT2D eigenvalue weighted by atomic mass is 16.5. The highest BCUT2D eigenvalue weighted by Crippen LogP contribution is 2.17. The van der Waals surface area contributed by atoms with E-state index in [0.29, 0.717) is 12.8 Å². The van der Waals surface area contributed by atoms with E-state index in [1.807, 2.05) is 32.0 Å². The van der Waals surface area contributed by atoms with Crippen molar-refractivity contribution in [3.8, 4) is 0 Å². The van der Waals surface area contributed by atoms with Gasteiger partial charge in [-0.2, -0.15) is 0 Å². The molecule has 15 heavy (non-hydrogen) atoms. The van der Waals surface area contributed by atoms with Gasteiger partial charge in [0, 0.05) is 19.0 Å². The molecule has 3 nitrogen and oxygen atoms in total. The zero-order valence-electron chi connectivity index (χ0n) is 9.49. The maximum Gasteiger partial charge on any atom is 0.170 e. The van der Waals surface area contributed by atoms with Gasteiger partial charge in [0.15, 0.2) is 5.78 Å². The van der Waals surface area contributed by atoms with Gasteiger partial charge in [-0.15, -0.1) is 0 Å². The van der Waals surface area contributed by atoms with Crippen LogP contribution in [0.3, 0.4) is 0 Å². The van der Waals surface area contributed by atoms with Crippen LogP contribution in [0.2, 0.25) is 0 Å². The molecule has 0 aliphatic carbocycles. The maximum absolute atomic E-state index is 11.9. The summed E-state index contributed by atoms with van der Waals surface area (Å²) in [4.78, 5) is 16.1. The van der Waals surface area contributed by atoms with Crippen LogP contribution < -0.4 is 0 Å². The number of methoxy groups -OCH3 is 1. The Balaban J connectivity index is 2.71. The molecule has 0 fully saturated rings. The van der Waals surface area contributed by atoms with Crippen LogP contribution >= 0.6 is 0 Å². The summed E-state index contributed by atoms with van der Waals surface area (Å²) < 4.78 is 5.24. The molecule has 0 aliphatic rings. The van der Waals surface area contributed by atoms with Gasteiger partial charge in [0.05, 0.1) is 6.42 Å². The standard InChI is InChI=1S/C12H17NO2/c1-4-12(2,15-3)11(14)9-10-7-5-6-8-13-10/h5-8H,4,9H2,1-3H3. The van der Waals surface area contributed by atoms with E-state index >= 15 is 0 Å². The minimum absolute atomic E-state index is 0.0752. The third-order valence-corrected chi connectivity index (χ3v) is 2.78. The van der Waals surface area contributed by atoms with Crippen molar-refractivity contribution in [2.45, 2.75) is 32.3 Å². The Morgan fingerprint density at radius 3 is 2.73 bits per heavy atom. The number of Topliss-reactive ketones (excluding diaryl/α,β-unsaturated/α-hetero) is 1. The summed E-state index contributed by atoms with van der Waals surface area (Å²) in [6, 6.07) is 5.57. The van der Waals surface area contributed by atoms with Gasteiger partial charge in [-0.25, -0.2) is 0 Å². The van der Waals surface area contributed by atoms with Gasteiger partial charge in [-0.1, -0.05) is 13.0 Å². The molecule has 1 aromatic rings. The van der Waals surface area contributed by atoms with Crippen molar-refractivity contribution in [2.24, 2.45) is 0 Å². The average Bonchev–Trinajstić information content (AvgIpc) is 2.29. The van der Waals surface area contributed by atoms with Crippen LogP contribution in [0, 0.1) is 0 Å². The van der Waals surface area contributed by atoms with E-state index < -0.39 is 5.60 Å². The van der Waals surface area contributed by atoms with Crippen LogP contribution in [0.4, 0.5) is 0 Å². The van der Waals surface area contributed by atoms with E-state index in [-0.39, 0.29) is 5.78 Å². The van der Waals surface area contributed by atoms with Gasteiger partial charge in [0.25, 0.3) is 0 Å². The number of carbonyl (C=O) groups is 1. The summed E-state index contributed by atoms with van der Waals surface area (Å²) in [6.07, 6.45) is 2.70. The second kappa shape index (κ2) is 5.03. The molecule has 1 atom stereocenters. The molecule has 0 aromatic carbocycles. The quantitative estimate of drug-likeness (QED) is 0.741. The third kappa shape index (κ3) is 2.86. The Morgan fingerprint density at radius 1 is 1.53 bits per heavy atom. The van der Waals surface area contributed by atoms with Crippen LogP contribution in [-0.2, 0) is 16.0 Å². The first kappa shape index (κ1) is 11.9. The SMILES string of the molecule is CCC(C)(OC)C(=O)Cc1ccccn1. The summed E-state index contributed by atoms with van der Waals surface area (Å²) in [5.74, 6) is 0.0752. The molecule has 0 saturated carbocycles. The van der Waals surface area contributed by atoms with Gasteiger partial charge in [-0.05, 0) is 25.5 Å². The largest absolute Gasteiger partial charge is 0.371 e. The minimum Gasteiger partial charge on any atom is -0.371 e. The Hall–Kier alpha value is -1.22. The first-order chi connectivity index (χ1) is 7.12. The molecular weight excluding hydrogens is 190 g/mol. The first-order valence-electron chi connectivity index (χ1n) is 5.10. The van der Waals surface area contributed by atoms with Gasteiger partial charge < -0.3 is 4.74 Å². The molecule has 0 radical (unpaired) electrons. The number of nitrogens with zero attached hydrogens (tertiary/aromatic N) is 1. The van der Waals surface area contributed by atoms with Crippen molar-refractivity contribution in [3.63, 3.8) is 0 Å². The van der Waals surface area contributed by atoms with Crippen LogP contribution in [0.5, 0.6) is 0 Å². The van der Waals surface area contributed by atoms with E-state index in [4.69, 9.17) is 4.74 Å². The average molecular weight is 207 g/mol. The zero-order chi connectivity index (χ0) is 11.3. The number of ether oxygens (including phenoxy) is 1. The molecule has 0 spiro atoms. The second-order valence-corrected chi connectivity index (χ2v) is 3.71. The summed E-state index contributed by atoms with van der Waals surface area (Å²) >= 11 is 0. The first-order valence-corrected chi connectivity index (χ1v) is 5.10. The summed E-state index contributed by atoms with van der Waals surface area (Å²) in [7, 11) is 1.57. The topological polar surface area (TPSA) is 39.2 Å². The number of rotatable bonds is 5. The van der Waals surface area contributed by atoms with Crippen LogP contribution in [0.15, 0.2) is 24.4 Å². The van der Waals surface area contributed by atoms with Gasteiger partial charge in [0.2, 0.25) is 0 Å². The number of hydrogen-bond donors (Lipinski definition) is 0. The fraction of sp³-hybridized carbons (Fsp3) is 0.500. The molecule has 0 aliphatic heterocycles. The maximum atomic E-state index is 11.9. The molecule has 0 amide bonds. The molecule has 3 heteroatoms. The monoisotopic (exact) mass is 207 g/mol. The van der Waals surface area contributed by atoms with Crippen molar-refractivity contribution < 1.29 is 9.53 Å². The number of hydrogen-bond acceptors (Lipinski definition) is 3. The molecular formula is C12H17NO2. The number of pyridine rings is 1.